The number of benzene rings is 1. The van der Waals surface area contributed by atoms with Gasteiger partial charge in [0.1, 0.15) is 0 Å². The molecule has 3 amide bonds. The van der Waals surface area contributed by atoms with Crippen LogP contribution in [0.3, 0.4) is 0 Å². The number of likely N-dealkylation sites (N-methyl/N-ethyl adjacent to an activating group) is 1. The number of hydrogen-bond donors (Lipinski definition) is 2. The quantitative estimate of drug-likeness (QED) is 0.772. The van der Waals surface area contributed by atoms with Crippen LogP contribution in [0.1, 0.15) is 27.6 Å². The van der Waals surface area contributed by atoms with Gasteiger partial charge in [-0.2, -0.15) is 0 Å². The summed E-state index contributed by atoms with van der Waals surface area (Å²) in [7, 11) is 1.44. The standard InChI is InChI=1S/C13H15N3O3/c1-3-14-7-11(17)15-8-4-5-9-10(6-8)13(19)16(2)12(9)18/h4-6,14H,3,7H2,1-2H3,(H,15,17). The maximum atomic E-state index is 11.8. The van der Waals surface area contributed by atoms with E-state index in [4.69, 9.17) is 0 Å². The Morgan fingerprint density at radius 1 is 1.21 bits per heavy atom. The molecule has 19 heavy (non-hydrogen) atoms. The number of anilines is 1. The number of imide groups is 1. The number of hydrogen-bond acceptors (Lipinski definition) is 4. The molecule has 0 radical (unpaired) electrons. The zero-order valence-electron chi connectivity index (χ0n) is 10.8. The van der Waals surface area contributed by atoms with Gasteiger partial charge >= 0.3 is 0 Å². The average Bonchev–Trinajstić information content (AvgIpc) is 2.61. The van der Waals surface area contributed by atoms with Gasteiger partial charge in [0.05, 0.1) is 17.7 Å². The van der Waals surface area contributed by atoms with E-state index in [1.807, 2.05) is 6.92 Å². The maximum Gasteiger partial charge on any atom is 0.261 e. The van der Waals surface area contributed by atoms with Crippen molar-refractivity contribution in [2.75, 3.05) is 25.5 Å². The molecule has 1 heterocycles. The Kier molecular flexibility index (Phi) is 3.62. The highest BCUT2D eigenvalue weighted by Crippen LogP contribution is 2.24. The summed E-state index contributed by atoms with van der Waals surface area (Å²) in [5.41, 5.74) is 1.21. The van der Waals surface area contributed by atoms with Gasteiger partial charge in [0.25, 0.3) is 11.8 Å². The molecule has 2 rings (SSSR count). The van der Waals surface area contributed by atoms with E-state index in [9.17, 15) is 14.4 Å². The molecule has 1 aliphatic heterocycles. The molecule has 0 unspecified atom stereocenters. The van der Waals surface area contributed by atoms with Crippen molar-refractivity contribution in [3.63, 3.8) is 0 Å². The van der Waals surface area contributed by atoms with Crippen molar-refractivity contribution in [1.29, 1.82) is 0 Å². The van der Waals surface area contributed by atoms with Gasteiger partial charge < -0.3 is 10.6 Å². The molecule has 0 fully saturated rings. The second-order valence-corrected chi connectivity index (χ2v) is 4.26. The third kappa shape index (κ3) is 2.48. The van der Waals surface area contributed by atoms with Crippen molar-refractivity contribution in [3.8, 4) is 0 Å². The lowest BCUT2D eigenvalue weighted by Gasteiger charge is -2.06. The van der Waals surface area contributed by atoms with Gasteiger partial charge in [-0.15, -0.1) is 0 Å². The molecule has 0 aromatic heterocycles. The number of nitrogens with zero attached hydrogens (tertiary/aromatic N) is 1. The first kappa shape index (κ1) is 13.2. The SMILES string of the molecule is CCNCC(=O)Nc1ccc2c(c1)C(=O)N(C)C2=O. The summed E-state index contributed by atoms with van der Waals surface area (Å²) in [4.78, 5) is 36.1. The fraction of sp³-hybridized carbons (Fsp3) is 0.308. The van der Waals surface area contributed by atoms with Crippen LogP contribution in [-0.2, 0) is 4.79 Å². The van der Waals surface area contributed by atoms with Crippen molar-refractivity contribution >= 4 is 23.4 Å². The number of amides is 3. The number of rotatable bonds is 4. The van der Waals surface area contributed by atoms with Gasteiger partial charge in [-0.1, -0.05) is 6.92 Å². The van der Waals surface area contributed by atoms with E-state index in [1.165, 1.54) is 13.1 Å². The molecular formula is C13H15N3O3. The highest BCUT2D eigenvalue weighted by atomic mass is 16.2. The number of fused-ring (bicyclic) bond motifs is 1. The molecule has 6 heteroatoms. The zero-order chi connectivity index (χ0) is 14.0. The van der Waals surface area contributed by atoms with Crippen molar-refractivity contribution in [2.45, 2.75) is 6.92 Å². The van der Waals surface area contributed by atoms with Crippen molar-refractivity contribution in [2.24, 2.45) is 0 Å². The Labute approximate surface area is 110 Å². The van der Waals surface area contributed by atoms with E-state index in [1.54, 1.807) is 12.1 Å². The molecule has 100 valence electrons. The fourth-order valence-electron chi connectivity index (χ4n) is 1.88. The highest BCUT2D eigenvalue weighted by molar-refractivity contribution is 6.21. The molecule has 0 saturated heterocycles. The van der Waals surface area contributed by atoms with E-state index in [0.717, 1.165) is 4.90 Å². The normalized spacial score (nSPS) is 13.7. The largest absolute Gasteiger partial charge is 0.325 e. The van der Waals surface area contributed by atoms with E-state index in [2.05, 4.69) is 10.6 Å². The van der Waals surface area contributed by atoms with E-state index in [-0.39, 0.29) is 24.3 Å². The minimum atomic E-state index is -0.345. The summed E-state index contributed by atoms with van der Waals surface area (Å²) in [6.45, 7) is 2.82. The van der Waals surface area contributed by atoms with E-state index >= 15 is 0 Å². The van der Waals surface area contributed by atoms with Crippen LogP contribution < -0.4 is 10.6 Å². The average molecular weight is 261 g/mol. The van der Waals surface area contributed by atoms with Gasteiger partial charge in [0.2, 0.25) is 5.91 Å². The highest BCUT2D eigenvalue weighted by Gasteiger charge is 2.32. The van der Waals surface area contributed by atoms with Crippen LogP contribution in [0.2, 0.25) is 0 Å². The Bertz CT molecular complexity index is 554. The monoisotopic (exact) mass is 261 g/mol. The van der Waals surface area contributed by atoms with Gasteiger partial charge in [-0.25, -0.2) is 0 Å². The van der Waals surface area contributed by atoms with Crippen LogP contribution in [0, 0.1) is 0 Å². The predicted molar refractivity (Wildman–Crippen MR) is 70.0 cm³/mol. The summed E-state index contributed by atoms with van der Waals surface area (Å²) in [6.07, 6.45) is 0. The molecule has 6 nitrogen and oxygen atoms in total. The number of nitrogens with one attached hydrogen (secondary N) is 2. The first-order chi connectivity index (χ1) is 9.04. The summed E-state index contributed by atoms with van der Waals surface area (Å²) in [5.74, 6) is -0.847. The summed E-state index contributed by atoms with van der Waals surface area (Å²) in [6, 6.07) is 4.71. The van der Waals surface area contributed by atoms with Crippen LogP contribution >= 0.6 is 0 Å². The Hall–Kier alpha value is -2.21. The number of carbonyl (C=O) groups excluding carboxylic acids is 3. The summed E-state index contributed by atoms with van der Waals surface area (Å²) >= 11 is 0. The van der Waals surface area contributed by atoms with Crippen LogP contribution in [0.25, 0.3) is 0 Å². The molecule has 0 spiro atoms. The summed E-state index contributed by atoms with van der Waals surface area (Å²) in [5, 5.41) is 5.58. The van der Waals surface area contributed by atoms with E-state index < -0.39 is 0 Å². The van der Waals surface area contributed by atoms with Crippen molar-refractivity contribution < 1.29 is 14.4 Å². The van der Waals surface area contributed by atoms with Crippen LogP contribution in [0.15, 0.2) is 18.2 Å². The lowest BCUT2D eigenvalue weighted by molar-refractivity contribution is -0.115. The van der Waals surface area contributed by atoms with Gasteiger partial charge in [0, 0.05) is 12.7 Å². The third-order valence-electron chi connectivity index (χ3n) is 2.91. The molecule has 1 aromatic rings. The molecule has 1 aliphatic rings. The Morgan fingerprint density at radius 2 is 1.89 bits per heavy atom. The van der Waals surface area contributed by atoms with Gasteiger partial charge in [0.15, 0.2) is 0 Å². The van der Waals surface area contributed by atoms with Crippen LogP contribution in [-0.4, -0.2) is 42.8 Å². The van der Waals surface area contributed by atoms with E-state index in [0.29, 0.717) is 23.4 Å². The Balaban J connectivity index is 2.17. The summed E-state index contributed by atoms with van der Waals surface area (Å²) < 4.78 is 0. The lowest BCUT2D eigenvalue weighted by atomic mass is 10.1. The van der Waals surface area contributed by atoms with Gasteiger partial charge in [-0.05, 0) is 24.7 Å². The molecule has 0 atom stereocenters. The second kappa shape index (κ2) is 5.19. The topological polar surface area (TPSA) is 78.5 Å². The first-order valence-electron chi connectivity index (χ1n) is 6.01. The van der Waals surface area contributed by atoms with Crippen molar-refractivity contribution in [3.05, 3.63) is 29.3 Å². The molecular weight excluding hydrogens is 246 g/mol. The molecule has 2 N–H and O–H groups in total. The van der Waals surface area contributed by atoms with Crippen molar-refractivity contribution in [1.82, 2.24) is 10.2 Å². The minimum Gasteiger partial charge on any atom is -0.325 e. The molecule has 0 bridgehead atoms. The molecule has 0 saturated carbocycles. The van der Waals surface area contributed by atoms with Crippen LogP contribution in [0.4, 0.5) is 5.69 Å². The minimum absolute atomic E-state index is 0.188. The first-order valence-corrected chi connectivity index (χ1v) is 6.01. The van der Waals surface area contributed by atoms with Crippen LogP contribution in [0.5, 0.6) is 0 Å². The number of carbonyl (C=O) groups is 3. The van der Waals surface area contributed by atoms with Gasteiger partial charge in [-0.3, -0.25) is 19.3 Å². The lowest BCUT2D eigenvalue weighted by Crippen LogP contribution is -2.27. The smallest absolute Gasteiger partial charge is 0.261 e. The molecule has 0 aliphatic carbocycles. The Morgan fingerprint density at radius 3 is 2.58 bits per heavy atom. The zero-order valence-corrected chi connectivity index (χ0v) is 10.8. The predicted octanol–water partition coefficient (Wildman–Crippen LogP) is 0.460. The maximum absolute atomic E-state index is 11.8. The third-order valence-corrected chi connectivity index (χ3v) is 2.91. The fourth-order valence-corrected chi connectivity index (χ4v) is 1.88. The molecule has 1 aromatic carbocycles. The second-order valence-electron chi connectivity index (χ2n) is 4.26.